The molecule has 4 aromatic rings. The smallest absolute Gasteiger partial charge is 0.316 e. The van der Waals surface area contributed by atoms with Gasteiger partial charge in [-0.15, -0.1) is 11.8 Å². The Morgan fingerprint density at radius 3 is 2.39 bits per heavy atom. The third kappa shape index (κ3) is 6.65. The van der Waals surface area contributed by atoms with Crippen LogP contribution in [0.3, 0.4) is 0 Å². The van der Waals surface area contributed by atoms with Crippen LogP contribution in [0.5, 0.6) is 6.01 Å². The molecule has 0 spiro atoms. The molecule has 0 amide bonds. The lowest BCUT2D eigenvalue weighted by molar-refractivity contribution is -0.620. The highest BCUT2D eigenvalue weighted by atomic mass is 32.2. The minimum absolute atomic E-state index is 0.0582. The lowest BCUT2D eigenvalue weighted by Gasteiger charge is -2.22. The second-order valence-electron chi connectivity index (χ2n) is 8.31. The number of halogens is 3. The molecule has 214 valence electrons. The summed E-state index contributed by atoms with van der Waals surface area (Å²) in [5.74, 6) is -3.57. The minimum Gasteiger partial charge on any atom is -0.614 e. The Morgan fingerprint density at radius 2 is 1.76 bits per heavy atom. The third-order valence-corrected chi connectivity index (χ3v) is 8.23. The zero-order chi connectivity index (χ0) is 29.7. The number of benzene rings is 2. The van der Waals surface area contributed by atoms with Gasteiger partial charge in [0.1, 0.15) is 11.6 Å². The van der Waals surface area contributed by atoms with Crippen LogP contribution in [0, 0.1) is 22.7 Å². The van der Waals surface area contributed by atoms with E-state index < -0.39 is 43.5 Å². The van der Waals surface area contributed by atoms with Gasteiger partial charge in [-0.3, -0.25) is 0 Å². The SMILES string of the molecule is CCOc1ncc(C(C)S/C(=C(\N)c2cccc([NH+]([O-])S(=O)c3c(F)cccc3F)c2F)c2ccnc(N)n2)cn1. The molecule has 41 heavy (non-hydrogen) atoms. The van der Waals surface area contributed by atoms with Crippen molar-refractivity contribution >= 4 is 45.0 Å². The van der Waals surface area contributed by atoms with Crippen LogP contribution < -0.4 is 20.7 Å². The van der Waals surface area contributed by atoms with E-state index in [9.17, 15) is 18.2 Å². The largest absolute Gasteiger partial charge is 0.614 e. The summed E-state index contributed by atoms with van der Waals surface area (Å²) in [6.07, 6.45) is 4.56. The molecular formula is C26H24F3N7O3S2. The Morgan fingerprint density at radius 1 is 1.10 bits per heavy atom. The van der Waals surface area contributed by atoms with Crippen molar-refractivity contribution in [3.05, 3.63) is 101 Å². The van der Waals surface area contributed by atoms with Gasteiger partial charge in [-0.2, -0.15) is 8.60 Å². The molecule has 0 fully saturated rings. The fourth-order valence-corrected chi connectivity index (χ4v) is 5.73. The molecule has 0 aliphatic heterocycles. The van der Waals surface area contributed by atoms with E-state index in [4.69, 9.17) is 16.2 Å². The van der Waals surface area contributed by atoms with E-state index in [-0.39, 0.29) is 39.1 Å². The second kappa shape index (κ2) is 13.1. The van der Waals surface area contributed by atoms with Gasteiger partial charge < -0.3 is 21.4 Å². The van der Waals surface area contributed by atoms with Crippen LogP contribution >= 0.6 is 11.8 Å². The van der Waals surface area contributed by atoms with Crippen LogP contribution in [-0.4, -0.2) is 30.8 Å². The fourth-order valence-electron chi connectivity index (χ4n) is 3.62. The zero-order valence-electron chi connectivity index (χ0n) is 21.7. The average Bonchev–Trinajstić information content (AvgIpc) is 2.95. The lowest BCUT2D eigenvalue weighted by atomic mass is 10.1. The first-order chi connectivity index (χ1) is 19.6. The summed E-state index contributed by atoms with van der Waals surface area (Å²) in [6.45, 7) is 4.04. The second-order valence-corrected chi connectivity index (χ2v) is 11.0. The summed E-state index contributed by atoms with van der Waals surface area (Å²) < 4.78 is 60.9. The number of thioether (sulfide) groups is 1. The van der Waals surface area contributed by atoms with Crippen LogP contribution in [0.15, 0.2) is 66.0 Å². The first-order valence-corrected chi connectivity index (χ1v) is 14.0. The number of nitrogens with zero attached hydrogens (tertiary/aromatic N) is 4. The van der Waals surface area contributed by atoms with Crippen LogP contribution in [0.4, 0.5) is 24.8 Å². The van der Waals surface area contributed by atoms with Crippen molar-refractivity contribution in [1.29, 1.82) is 0 Å². The van der Waals surface area contributed by atoms with Crippen molar-refractivity contribution in [3.63, 3.8) is 0 Å². The van der Waals surface area contributed by atoms with E-state index >= 15 is 4.39 Å². The number of nitrogens with one attached hydrogen (secondary N) is 1. The Balaban J connectivity index is 1.76. The van der Waals surface area contributed by atoms with Crippen LogP contribution in [0.1, 0.15) is 35.9 Å². The first-order valence-electron chi connectivity index (χ1n) is 12.0. The Hall–Kier alpha value is -4.05. The van der Waals surface area contributed by atoms with Crippen molar-refractivity contribution < 1.29 is 26.6 Å². The zero-order valence-corrected chi connectivity index (χ0v) is 23.3. The maximum absolute atomic E-state index is 15.8. The van der Waals surface area contributed by atoms with E-state index in [1.807, 2.05) is 6.92 Å². The van der Waals surface area contributed by atoms with Gasteiger partial charge in [0.2, 0.25) is 16.9 Å². The van der Waals surface area contributed by atoms with E-state index in [0.29, 0.717) is 12.2 Å². The number of ether oxygens (including phenoxy) is 1. The van der Waals surface area contributed by atoms with Gasteiger partial charge in [0.05, 0.1) is 22.9 Å². The molecule has 5 N–H and O–H groups in total. The molecule has 2 aromatic heterocycles. The topological polar surface area (TPSA) is 157 Å². The highest BCUT2D eigenvalue weighted by Crippen LogP contribution is 2.42. The van der Waals surface area contributed by atoms with Crippen LogP contribution in [0.2, 0.25) is 0 Å². The van der Waals surface area contributed by atoms with Gasteiger partial charge in [-0.05, 0) is 38.1 Å². The number of rotatable bonds is 10. The summed E-state index contributed by atoms with van der Waals surface area (Å²) in [7, 11) is -2.87. The molecule has 0 radical (unpaired) electrons. The molecule has 2 aromatic carbocycles. The van der Waals surface area contributed by atoms with Gasteiger partial charge in [-0.25, -0.2) is 33.2 Å². The molecule has 0 aliphatic carbocycles. The average molecular weight is 604 g/mol. The normalized spacial score (nSPS) is 14.2. The third-order valence-electron chi connectivity index (χ3n) is 5.62. The molecule has 3 unspecified atom stereocenters. The van der Waals surface area contributed by atoms with Gasteiger partial charge in [0.15, 0.2) is 16.4 Å². The van der Waals surface area contributed by atoms with Crippen LogP contribution in [0.25, 0.3) is 10.6 Å². The summed E-state index contributed by atoms with van der Waals surface area (Å²) in [4.78, 5) is 15.7. The molecule has 0 aliphatic rings. The number of aromatic nitrogens is 4. The predicted molar refractivity (Wildman–Crippen MR) is 150 cm³/mol. The lowest BCUT2D eigenvalue weighted by Crippen LogP contribution is -3.02. The summed E-state index contributed by atoms with van der Waals surface area (Å²) in [6, 6.07) is 8.18. The number of hydrogen-bond acceptors (Lipinski definition) is 10. The van der Waals surface area contributed by atoms with Crippen LogP contribution in [-0.2, 0) is 11.0 Å². The number of hydrogen-bond donors (Lipinski definition) is 3. The van der Waals surface area contributed by atoms with Crippen molar-refractivity contribution in [1.82, 2.24) is 19.9 Å². The van der Waals surface area contributed by atoms with E-state index in [1.165, 1.54) is 36.2 Å². The maximum Gasteiger partial charge on any atom is 0.316 e. The molecular weight excluding hydrogens is 579 g/mol. The number of nitrogens with two attached hydrogens (primary N) is 2. The number of anilines is 1. The predicted octanol–water partition coefficient (Wildman–Crippen LogP) is 3.68. The molecule has 4 rings (SSSR count). The Bertz CT molecular complexity index is 1590. The maximum atomic E-state index is 15.8. The van der Waals surface area contributed by atoms with Gasteiger partial charge in [0, 0.05) is 41.0 Å². The van der Waals surface area contributed by atoms with Gasteiger partial charge in [0.25, 0.3) is 0 Å². The molecule has 15 heteroatoms. The summed E-state index contributed by atoms with van der Waals surface area (Å²) in [5.41, 5.74) is 12.2. The fraction of sp³-hybridized carbons (Fsp3) is 0.154. The first kappa shape index (κ1) is 29.9. The van der Waals surface area contributed by atoms with Crippen molar-refractivity contribution in [2.45, 2.75) is 24.0 Å². The molecule has 10 nitrogen and oxygen atoms in total. The van der Waals surface area contributed by atoms with Crippen molar-refractivity contribution in [2.75, 3.05) is 12.3 Å². The molecule has 2 heterocycles. The molecule has 0 saturated heterocycles. The quantitative estimate of drug-likeness (QED) is 0.228. The highest BCUT2D eigenvalue weighted by molar-refractivity contribution is 8.08. The Kier molecular flexibility index (Phi) is 9.54. The highest BCUT2D eigenvalue weighted by Gasteiger charge is 2.27. The molecule has 0 bridgehead atoms. The number of quaternary nitrogens is 1. The van der Waals surface area contributed by atoms with Crippen molar-refractivity contribution in [3.8, 4) is 6.01 Å². The summed E-state index contributed by atoms with van der Waals surface area (Å²) >= 11 is 1.19. The van der Waals surface area contributed by atoms with E-state index in [0.717, 1.165) is 24.3 Å². The van der Waals surface area contributed by atoms with Gasteiger partial charge in [-0.1, -0.05) is 12.1 Å². The standard InChI is InChI=1S/C26H24F3N7O3S2/c1-3-39-26-33-12-15(13-34-26)14(2)40-23(19-10-11-32-25(31)35-19)22(30)16-6-4-9-20(21(16)29)36(37)41(38)24-17(27)7-5-8-18(24)28/h4-14,36H,3,30H2,1-2H3,(H2,31,32,35)/b23-22-. The monoisotopic (exact) mass is 603 g/mol. The summed E-state index contributed by atoms with van der Waals surface area (Å²) in [5, 5.41) is 12.6. The number of nitrogen functional groups attached to an aromatic ring is 1. The van der Waals surface area contributed by atoms with E-state index in [2.05, 4.69) is 19.9 Å². The molecule has 0 saturated carbocycles. The van der Waals surface area contributed by atoms with Crippen molar-refractivity contribution in [2.24, 2.45) is 5.73 Å². The Labute approximate surface area is 239 Å². The molecule has 3 atom stereocenters. The van der Waals surface area contributed by atoms with Gasteiger partial charge >= 0.3 is 6.01 Å². The van der Waals surface area contributed by atoms with E-state index in [1.54, 1.807) is 19.3 Å². The minimum atomic E-state index is -2.87.